The molecule has 8 heteroatoms. The minimum absolute atomic E-state index is 0.0289. The summed E-state index contributed by atoms with van der Waals surface area (Å²) in [6.07, 6.45) is 5.88. The van der Waals surface area contributed by atoms with Gasteiger partial charge in [-0.2, -0.15) is 0 Å². The quantitative estimate of drug-likeness (QED) is 0.689. The molecule has 2 heterocycles. The van der Waals surface area contributed by atoms with E-state index in [4.69, 9.17) is 4.74 Å². The minimum Gasteiger partial charge on any atom is -0.379 e. The fourth-order valence-electron chi connectivity index (χ4n) is 4.76. The number of urea groups is 1. The van der Waals surface area contributed by atoms with Crippen molar-refractivity contribution >= 4 is 17.8 Å². The van der Waals surface area contributed by atoms with Crippen molar-refractivity contribution in [1.29, 1.82) is 0 Å². The number of carbonyl (C=O) groups excluding carboxylic acids is 3. The van der Waals surface area contributed by atoms with Crippen molar-refractivity contribution in [3.63, 3.8) is 0 Å². The third-order valence-corrected chi connectivity index (χ3v) is 6.54. The van der Waals surface area contributed by atoms with Gasteiger partial charge in [-0.15, -0.1) is 0 Å². The summed E-state index contributed by atoms with van der Waals surface area (Å²) in [7, 11) is 0. The SMILES string of the molecule is O=C(NCC1(N2CCOCC2)CCCCC1)c1ccc(CN2C(=O)CNC2=O)cc1. The first kappa shape index (κ1) is 20.8. The Labute approximate surface area is 176 Å². The second-order valence-corrected chi connectivity index (χ2v) is 8.40. The highest BCUT2D eigenvalue weighted by molar-refractivity contribution is 6.01. The van der Waals surface area contributed by atoms with Crippen LogP contribution in [0.25, 0.3) is 0 Å². The van der Waals surface area contributed by atoms with E-state index in [0.29, 0.717) is 12.1 Å². The number of nitrogens with one attached hydrogen (secondary N) is 2. The molecule has 0 radical (unpaired) electrons. The van der Waals surface area contributed by atoms with Crippen molar-refractivity contribution in [2.45, 2.75) is 44.2 Å². The number of ether oxygens (including phenoxy) is 1. The summed E-state index contributed by atoms with van der Waals surface area (Å²) in [6.45, 7) is 4.27. The molecule has 0 atom stereocenters. The summed E-state index contributed by atoms with van der Waals surface area (Å²) in [5.74, 6) is -0.322. The van der Waals surface area contributed by atoms with Crippen molar-refractivity contribution in [3.8, 4) is 0 Å². The summed E-state index contributed by atoms with van der Waals surface area (Å²) < 4.78 is 5.52. The van der Waals surface area contributed by atoms with Crippen LogP contribution in [0.2, 0.25) is 0 Å². The fourth-order valence-corrected chi connectivity index (χ4v) is 4.76. The number of rotatable bonds is 6. The van der Waals surface area contributed by atoms with Gasteiger partial charge in [-0.1, -0.05) is 31.4 Å². The van der Waals surface area contributed by atoms with Crippen molar-refractivity contribution in [3.05, 3.63) is 35.4 Å². The van der Waals surface area contributed by atoms with Crippen LogP contribution in [0.5, 0.6) is 0 Å². The standard InChI is InChI=1S/C22H30N4O4/c27-19-14-23-21(29)26(19)15-17-4-6-18(7-5-17)20(28)24-16-22(8-2-1-3-9-22)25-10-12-30-13-11-25/h4-7H,1-3,8-16H2,(H,23,29)(H,24,28). The lowest BCUT2D eigenvalue weighted by Gasteiger charge is -2.48. The van der Waals surface area contributed by atoms with E-state index in [1.807, 2.05) is 0 Å². The van der Waals surface area contributed by atoms with E-state index in [1.165, 1.54) is 24.2 Å². The molecule has 2 aliphatic heterocycles. The smallest absolute Gasteiger partial charge is 0.324 e. The Bertz CT molecular complexity index is 767. The minimum atomic E-state index is -0.372. The van der Waals surface area contributed by atoms with Crippen LogP contribution in [0.15, 0.2) is 24.3 Å². The molecule has 8 nitrogen and oxygen atoms in total. The van der Waals surface area contributed by atoms with Crippen LogP contribution in [0.1, 0.15) is 48.0 Å². The highest BCUT2D eigenvalue weighted by atomic mass is 16.5. The molecule has 1 aromatic carbocycles. The van der Waals surface area contributed by atoms with Gasteiger partial charge in [-0.25, -0.2) is 4.79 Å². The van der Waals surface area contributed by atoms with E-state index in [1.54, 1.807) is 24.3 Å². The summed E-state index contributed by atoms with van der Waals surface area (Å²) in [5.41, 5.74) is 1.43. The molecular formula is C22H30N4O4. The summed E-state index contributed by atoms with van der Waals surface area (Å²) in [5, 5.41) is 5.67. The van der Waals surface area contributed by atoms with Crippen LogP contribution in [-0.2, 0) is 16.1 Å². The van der Waals surface area contributed by atoms with Gasteiger partial charge in [0.2, 0.25) is 5.91 Å². The maximum atomic E-state index is 12.8. The van der Waals surface area contributed by atoms with E-state index in [0.717, 1.165) is 44.7 Å². The van der Waals surface area contributed by atoms with Gasteiger partial charge in [0, 0.05) is 30.7 Å². The third kappa shape index (κ3) is 4.49. The van der Waals surface area contributed by atoms with Gasteiger partial charge in [0.1, 0.15) is 0 Å². The number of imide groups is 1. The lowest BCUT2D eigenvalue weighted by atomic mass is 9.79. The summed E-state index contributed by atoms with van der Waals surface area (Å²) in [4.78, 5) is 39.9. The second kappa shape index (κ2) is 9.14. The highest BCUT2D eigenvalue weighted by Crippen LogP contribution is 2.34. The van der Waals surface area contributed by atoms with Crippen LogP contribution in [-0.4, -0.2) is 72.6 Å². The molecule has 1 aromatic rings. The van der Waals surface area contributed by atoms with E-state index in [2.05, 4.69) is 15.5 Å². The predicted octanol–water partition coefficient (Wildman–Crippen LogP) is 1.50. The molecule has 2 saturated heterocycles. The molecular weight excluding hydrogens is 384 g/mol. The first-order chi connectivity index (χ1) is 14.6. The molecule has 2 N–H and O–H groups in total. The maximum absolute atomic E-state index is 12.8. The predicted molar refractivity (Wildman–Crippen MR) is 111 cm³/mol. The van der Waals surface area contributed by atoms with Gasteiger partial charge < -0.3 is 15.4 Å². The van der Waals surface area contributed by atoms with Gasteiger partial charge in [0.05, 0.1) is 26.3 Å². The summed E-state index contributed by atoms with van der Waals surface area (Å²) in [6, 6.07) is 6.73. The van der Waals surface area contributed by atoms with Crippen LogP contribution >= 0.6 is 0 Å². The number of benzene rings is 1. The zero-order chi connectivity index (χ0) is 21.0. The number of carbonyl (C=O) groups is 3. The van der Waals surface area contributed by atoms with E-state index >= 15 is 0 Å². The highest BCUT2D eigenvalue weighted by Gasteiger charge is 2.38. The monoisotopic (exact) mass is 414 g/mol. The molecule has 1 aliphatic carbocycles. The Hall–Kier alpha value is -2.45. The van der Waals surface area contributed by atoms with Gasteiger partial charge in [0.25, 0.3) is 5.91 Å². The zero-order valence-corrected chi connectivity index (χ0v) is 17.3. The molecule has 3 fully saturated rings. The lowest BCUT2D eigenvalue weighted by molar-refractivity contribution is -0.125. The molecule has 4 amide bonds. The number of hydrogen-bond acceptors (Lipinski definition) is 5. The number of amides is 4. The normalized spacial score (nSPS) is 22.1. The molecule has 4 rings (SSSR count). The Morgan fingerprint density at radius 2 is 1.77 bits per heavy atom. The van der Waals surface area contributed by atoms with Crippen LogP contribution in [0.3, 0.4) is 0 Å². The summed E-state index contributed by atoms with van der Waals surface area (Å²) >= 11 is 0. The maximum Gasteiger partial charge on any atom is 0.324 e. The van der Waals surface area contributed by atoms with E-state index in [-0.39, 0.29) is 36.5 Å². The zero-order valence-electron chi connectivity index (χ0n) is 17.3. The van der Waals surface area contributed by atoms with Gasteiger partial charge in [-0.3, -0.25) is 19.4 Å². The lowest BCUT2D eigenvalue weighted by Crippen LogP contribution is -2.59. The molecule has 0 unspecified atom stereocenters. The van der Waals surface area contributed by atoms with Gasteiger partial charge >= 0.3 is 6.03 Å². The van der Waals surface area contributed by atoms with Crippen molar-refractivity contribution in [2.24, 2.45) is 0 Å². The van der Waals surface area contributed by atoms with E-state index in [9.17, 15) is 14.4 Å². The molecule has 0 spiro atoms. The second-order valence-electron chi connectivity index (χ2n) is 8.40. The Morgan fingerprint density at radius 3 is 2.40 bits per heavy atom. The van der Waals surface area contributed by atoms with Crippen LogP contribution in [0, 0.1) is 0 Å². The Morgan fingerprint density at radius 1 is 1.07 bits per heavy atom. The van der Waals surface area contributed by atoms with Gasteiger partial charge in [0.15, 0.2) is 0 Å². The first-order valence-electron chi connectivity index (χ1n) is 10.9. The van der Waals surface area contributed by atoms with Gasteiger partial charge in [-0.05, 0) is 30.5 Å². The molecule has 162 valence electrons. The van der Waals surface area contributed by atoms with Crippen molar-refractivity contribution in [1.82, 2.24) is 20.4 Å². The molecule has 3 aliphatic rings. The largest absolute Gasteiger partial charge is 0.379 e. The van der Waals surface area contributed by atoms with Crippen molar-refractivity contribution in [2.75, 3.05) is 39.4 Å². The average molecular weight is 415 g/mol. The van der Waals surface area contributed by atoms with Crippen LogP contribution < -0.4 is 10.6 Å². The topological polar surface area (TPSA) is 91.0 Å². The first-order valence-corrected chi connectivity index (χ1v) is 10.9. The Kier molecular flexibility index (Phi) is 6.34. The average Bonchev–Trinajstić information content (AvgIpc) is 3.11. The third-order valence-electron chi connectivity index (χ3n) is 6.54. The Balaban J connectivity index is 1.36. The fraction of sp³-hybridized carbons (Fsp3) is 0.591. The molecule has 0 aromatic heterocycles. The number of nitrogens with zero attached hydrogens (tertiary/aromatic N) is 2. The molecule has 0 bridgehead atoms. The number of hydrogen-bond donors (Lipinski definition) is 2. The van der Waals surface area contributed by atoms with E-state index < -0.39 is 0 Å². The molecule has 1 saturated carbocycles. The number of morpholine rings is 1. The molecule has 30 heavy (non-hydrogen) atoms. The van der Waals surface area contributed by atoms with Crippen LogP contribution in [0.4, 0.5) is 4.79 Å². The van der Waals surface area contributed by atoms with Crippen molar-refractivity contribution < 1.29 is 19.1 Å².